The van der Waals surface area contributed by atoms with Crippen molar-refractivity contribution in [3.8, 4) is 0 Å². The van der Waals surface area contributed by atoms with Crippen molar-refractivity contribution in [1.29, 1.82) is 0 Å². The van der Waals surface area contributed by atoms with Gasteiger partial charge in [-0.2, -0.15) is 0 Å². The zero-order chi connectivity index (χ0) is 76.0. The molecule has 5 atom stereocenters. The largest absolute Gasteiger partial charge is 0.472 e. The van der Waals surface area contributed by atoms with Gasteiger partial charge >= 0.3 is 39.5 Å². The van der Waals surface area contributed by atoms with Gasteiger partial charge in [-0.15, -0.1) is 0 Å². The second-order valence-corrected chi connectivity index (χ2v) is 29.5. The third kappa shape index (κ3) is 75.4. The molecule has 0 aromatic carbocycles. The quantitative estimate of drug-likeness (QED) is 0.0169. The Morgan fingerprint density at radius 1 is 0.279 bits per heavy atom. The number of rotatable bonds is 75. The Hall–Kier alpha value is -4.80. The van der Waals surface area contributed by atoms with Gasteiger partial charge in [-0.05, 0) is 135 Å². The summed E-state index contributed by atoms with van der Waals surface area (Å²) in [5.41, 5.74) is 0. The Kier molecular flexibility index (Phi) is 72.9. The van der Waals surface area contributed by atoms with E-state index >= 15 is 0 Å². The first-order chi connectivity index (χ1) is 50.7. The zero-order valence-corrected chi connectivity index (χ0v) is 66.9. The van der Waals surface area contributed by atoms with Gasteiger partial charge in [0, 0.05) is 25.7 Å². The van der Waals surface area contributed by atoms with Crippen LogP contribution in [-0.2, 0) is 65.4 Å². The van der Waals surface area contributed by atoms with Crippen LogP contribution in [0.4, 0.5) is 0 Å². The smallest absolute Gasteiger partial charge is 0.462 e. The van der Waals surface area contributed by atoms with Crippen LogP contribution in [-0.4, -0.2) is 96.7 Å². The zero-order valence-electron chi connectivity index (χ0n) is 65.2. The third-order valence-electron chi connectivity index (χ3n) is 16.6. The molecule has 0 heterocycles. The van der Waals surface area contributed by atoms with Gasteiger partial charge in [-0.25, -0.2) is 9.13 Å². The van der Waals surface area contributed by atoms with Crippen molar-refractivity contribution in [3.05, 3.63) is 134 Å². The van der Waals surface area contributed by atoms with E-state index < -0.39 is 97.5 Å². The summed E-state index contributed by atoms with van der Waals surface area (Å²) in [7, 11) is -9.99. The minimum atomic E-state index is -5.01. The number of ether oxygens (including phenoxy) is 4. The number of aliphatic hydroxyl groups is 1. The molecule has 0 fully saturated rings. The van der Waals surface area contributed by atoms with E-state index in [4.69, 9.17) is 37.0 Å². The maximum absolute atomic E-state index is 13.1. The summed E-state index contributed by atoms with van der Waals surface area (Å²) in [6.07, 6.45) is 85.9. The maximum Gasteiger partial charge on any atom is 0.472 e. The van der Waals surface area contributed by atoms with Crippen LogP contribution in [0.25, 0.3) is 0 Å². The van der Waals surface area contributed by atoms with Crippen molar-refractivity contribution < 1.29 is 80.2 Å². The molecule has 17 nitrogen and oxygen atoms in total. The Bertz CT molecular complexity index is 2490. The molecule has 19 heteroatoms. The molecule has 0 rings (SSSR count). The highest BCUT2D eigenvalue weighted by atomic mass is 31.2. The Balaban J connectivity index is 5.46. The van der Waals surface area contributed by atoms with E-state index in [1.807, 2.05) is 18.2 Å². The van der Waals surface area contributed by atoms with Crippen molar-refractivity contribution in [1.82, 2.24) is 0 Å². The molecule has 0 aromatic rings. The van der Waals surface area contributed by atoms with Crippen LogP contribution in [0.15, 0.2) is 134 Å². The van der Waals surface area contributed by atoms with E-state index in [-0.39, 0.29) is 25.7 Å². The maximum atomic E-state index is 13.1. The lowest BCUT2D eigenvalue weighted by Gasteiger charge is -2.21. The second kappa shape index (κ2) is 76.4. The van der Waals surface area contributed by atoms with Crippen LogP contribution in [0, 0.1) is 0 Å². The SMILES string of the molecule is CC/C=C\C/C=C\C/C=C\C/C=C\C/C=C\CCCCCC(=O)OC[C@H](COP(=O)(O)OC[C@@H](O)COP(=O)(O)OC[C@@H](COC(=O)CCCCCCC/C=C\CCCCCC)OC(=O)CCCCCCCCCCCCCCC)OC(=O)CC/C=C\C/C=C\C/C=C\C/C=C\C/C=C\CCCCC. The number of hydrogen-bond donors (Lipinski definition) is 3. The highest BCUT2D eigenvalue weighted by Crippen LogP contribution is 2.45. The van der Waals surface area contributed by atoms with Crippen molar-refractivity contribution in [2.24, 2.45) is 0 Å². The van der Waals surface area contributed by atoms with E-state index in [0.29, 0.717) is 32.1 Å². The van der Waals surface area contributed by atoms with Crippen molar-refractivity contribution in [3.63, 3.8) is 0 Å². The summed E-state index contributed by atoms with van der Waals surface area (Å²) in [6.45, 7) is 4.60. The van der Waals surface area contributed by atoms with Gasteiger partial charge < -0.3 is 33.8 Å². The number of phosphoric acid groups is 2. The van der Waals surface area contributed by atoms with Gasteiger partial charge in [-0.1, -0.05) is 296 Å². The number of phosphoric ester groups is 2. The van der Waals surface area contributed by atoms with E-state index in [9.17, 15) is 43.2 Å². The summed E-state index contributed by atoms with van der Waals surface area (Å²) < 4.78 is 68.5. The first-order valence-electron chi connectivity index (χ1n) is 40.4. The molecule has 0 radical (unpaired) electrons. The number of carbonyl (C=O) groups is 4. The van der Waals surface area contributed by atoms with Gasteiger partial charge in [0.2, 0.25) is 0 Å². The fraction of sp³-hybridized carbons (Fsp3) is 0.694. The highest BCUT2D eigenvalue weighted by Gasteiger charge is 2.30. The first-order valence-corrected chi connectivity index (χ1v) is 43.4. The highest BCUT2D eigenvalue weighted by molar-refractivity contribution is 7.47. The molecule has 0 saturated heterocycles. The van der Waals surface area contributed by atoms with Crippen molar-refractivity contribution >= 4 is 39.5 Å². The van der Waals surface area contributed by atoms with Crippen molar-refractivity contribution in [2.45, 2.75) is 341 Å². The predicted molar refractivity (Wildman–Crippen MR) is 427 cm³/mol. The van der Waals surface area contributed by atoms with Crippen LogP contribution < -0.4 is 0 Å². The molecule has 2 unspecified atom stereocenters. The lowest BCUT2D eigenvalue weighted by Crippen LogP contribution is -2.30. The monoisotopic (exact) mass is 1500 g/mol. The van der Waals surface area contributed by atoms with Gasteiger partial charge in [0.15, 0.2) is 12.2 Å². The molecule has 0 bridgehead atoms. The molecule has 0 spiro atoms. The van der Waals surface area contributed by atoms with E-state index in [0.717, 1.165) is 141 Å². The fourth-order valence-electron chi connectivity index (χ4n) is 10.5. The number of allylic oxidation sites excluding steroid dienone is 22. The third-order valence-corrected chi connectivity index (χ3v) is 18.5. The lowest BCUT2D eigenvalue weighted by atomic mass is 10.0. The number of aliphatic hydroxyl groups excluding tert-OH is 1. The molecule has 0 aromatic heterocycles. The molecule has 104 heavy (non-hydrogen) atoms. The van der Waals surface area contributed by atoms with Gasteiger partial charge in [0.05, 0.1) is 26.4 Å². The molecule has 3 N–H and O–H groups in total. The minimum absolute atomic E-state index is 0.0393. The normalized spacial score (nSPS) is 14.6. The molecule has 596 valence electrons. The fourth-order valence-corrected chi connectivity index (χ4v) is 12.0. The molecule has 0 aliphatic rings. The van der Waals surface area contributed by atoms with Gasteiger partial charge in [-0.3, -0.25) is 37.3 Å². The summed E-state index contributed by atoms with van der Waals surface area (Å²) in [4.78, 5) is 73.0. The predicted octanol–water partition coefficient (Wildman–Crippen LogP) is 23.7. The van der Waals surface area contributed by atoms with Gasteiger partial charge in [0.1, 0.15) is 19.3 Å². The Labute approximate surface area is 631 Å². The Morgan fingerprint density at radius 3 is 0.875 bits per heavy atom. The minimum Gasteiger partial charge on any atom is -0.462 e. The molecule has 0 amide bonds. The molecule has 0 saturated carbocycles. The van der Waals surface area contributed by atoms with Gasteiger partial charge in [0.25, 0.3) is 0 Å². The number of esters is 4. The first kappa shape index (κ1) is 99.2. The average Bonchev–Trinajstić information content (AvgIpc) is 0.906. The Morgan fingerprint density at radius 2 is 0.519 bits per heavy atom. The summed E-state index contributed by atoms with van der Waals surface area (Å²) in [5.74, 6) is -2.31. The van der Waals surface area contributed by atoms with E-state index in [1.165, 1.54) is 96.3 Å². The summed E-state index contributed by atoms with van der Waals surface area (Å²) >= 11 is 0. The van der Waals surface area contributed by atoms with Crippen LogP contribution in [0.2, 0.25) is 0 Å². The van der Waals surface area contributed by atoms with Crippen LogP contribution in [0.5, 0.6) is 0 Å². The topological polar surface area (TPSA) is 237 Å². The van der Waals surface area contributed by atoms with E-state index in [1.54, 1.807) is 0 Å². The van der Waals surface area contributed by atoms with Crippen LogP contribution in [0.3, 0.4) is 0 Å². The van der Waals surface area contributed by atoms with E-state index in [2.05, 4.69) is 143 Å². The van der Waals surface area contributed by atoms with Crippen LogP contribution >= 0.6 is 15.6 Å². The number of unbranched alkanes of at least 4 members (excludes halogenated alkanes) is 27. The van der Waals surface area contributed by atoms with Crippen LogP contribution in [0.1, 0.15) is 323 Å². The summed E-state index contributed by atoms with van der Waals surface area (Å²) in [6, 6.07) is 0. The van der Waals surface area contributed by atoms with Crippen molar-refractivity contribution in [2.75, 3.05) is 39.6 Å². The molecule has 0 aliphatic heterocycles. The number of carbonyl (C=O) groups excluding carboxylic acids is 4. The summed E-state index contributed by atoms with van der Waals surface area (Å²) in [5, 5.41) is 10.6. The molecular formula is C85H144O17P2. The average molecular weight is 1500 g/mol. The second-order valence-electron chi connectivity index (χ2n) is 26.6. The number of hydrogen-bond acceptors (Lipinski definition) is 15. The standard InChI is InChI=1S/C85H144O17P2/c1-5-9-13-17-21-25-29-33-35-37-39-41-43-47-50-54-58-62-66-70-83(88)96-76-81(102-85(90)72-68-64-60-56-52-48-44-42-40-38-36-34-30-26-22-18-14-10-6-2)78-100-104(93,94)98-74-79(86)73-97-103(91,92)99-77-80(101-84(89)71-67-63-59-55-51-46-32-28-24-20-16-12-8-4)75-95-82(87)69-65-61-57-53-49-45-31-27-23-19-15-11-7-3/h9,13,21-22,25-27,31,33-36,39-42,47-48,50,52,60,64,79-81,86H,5-8,10-12,14-20,23-24,28-30,32,37-38,43-46,49,51,53-59,61-63,65-78H2,1-4H3,(H,91,92)(H,93,94)/b13-9-,25-21-,26-22-,31-27-,35-33-,36-34-,41-39-,42-40-,50-47-,52-48-,64-60-/t79-,80+,81+/m0/s1. The molecule has 0 aliphatic carbocycles. The lowest BCUT2D eigenvalue weighted by molar-refractivity contribution is -0.161. The molecular weight excluding hydrogens is 1350 g/mol.